The lowest BCUT2D eigenvalue weighted by molar-refractivity contribution is 0.102. The lowest BCUT2D eigenvalue weighted by atomic mass is 10.2. The van der Waals surface area contributed by atoms with Crippen LogP contribution in [0.25, 0.3) is 11.6 Å². The van der Waals surface area contributed by atoms with Gasteiger partial charge >= 0.3 is 6.01 Å². The van der Waals surface area contributed by atoms with Gasteiger partial charge in [0.25, 0.3) is 21.8 Å². The highest BCUT2D eigenvalue weighted by Gasteiger charge is 2.24. The average molecular weight is 481 g/mol. The molecule has 0 saturated heterocycles. The van der Waals surface area contributed by atoms with Gasteiger partial charge in [-0.3, -0.25) is 19.1 Å². The number of anilines is 2. The van der Waals surface area contributed by atoms with E-state index in [2.05, 4.69) is 20.6 Å². The molecular weight excluding hydrogens is 456 g/mol. The lowest BCUT2D eigenvalue weighted by Gasteiger charge is -2.22. The number of benzene rings is 2. The molecule has 176 valence electrons. The number of sulfonamides is 1. The summed E-state index contributed by atoms with van der Waals surface area (Å²) in [5.74, 6) is -0.334. The van der Waals surface area contributed by atoms with Gasteiger partial charge in [0.2, 0.25) is 0 Å². The van der Waals surface area contributed by atoms with Crippen LogP contribution in [0.5, 0.6) is 0 Å². The highest BCUT2D eigenvalue weighted by molar-refractivity contribution is 7.92. The summed E-state index contributed by atoms with van der Waals surface area (Å²) in [6.07, 6.45) is 1.80. The van der Waals surface area contributed by atoms with Crippen LogP contribution in [0.15, 0.2) is 76.2 Å². The number of hydrogen-bond donors (Lipinski definition) is 1. The van der Waals surface area contributed by atoms with E-state index in [0.717, 1.165) is 0 Å². The van der Waals surface area contributed by atoms with Gasteiger partial charge in [-0.1, -0.05) is 23.3 Å². The van der Waals surface area contributed by atoms with Gasteiger partial charge in [-0.2, -0.15) is 5.10 Å². The van der Waals surface area contributed by atoms with Crippen LogP contribution in [-0.2, 0) is 10.0 Å². The molecule has 0 fully saturated rings. The molecule has 10 nitrogen and oxygen atoms in total. The van der Waals surface area contributed by atoms with Gasteiger partial charge in [0, 0.05) is 24.3 Å². The molecule has 4 rings (SSSR count). The van der Waals surface area contributed by atoms with Crippen LogP contribution in [0.4, 0.5) is 11.7 Å². The quantitative estimate of drug-likeness (QED) is 0.404. The van der Waals surface area contributed by atoms with Crippen molar-refractivity contribution >= 4 is 27.6 Å². The molecule has 2 aromatic heterocycles. The van der Waals surface area contributed by atoms with Crippen molar-refractivity contribution in [1.82, 2.24) is 20.0 Å². The van der Waals surface area contributed by atoms with Crippen molar-refractivity contribution in [3.05, 3.63) is 72.4 Å². The van der Waals surface area contributed by atoms with Crippen LogP contribution in [0.3, 0.4) is 0 Å². The van der Waals surface area contributed by atoms with Gasteiger partial charge in [0.1, 0.15) is 5.69 Å². The second kappa shape index (κ2) is 9.48. The highest BCUT2D eigenvalue weighted by atomic mass is 32.2. The third kappa shape index (κ3) is 4.69. The number of para-hydroxylation sites is 1. The van der Waals surface area contributed by atoms with Crippen LogP contribution >= 0.6 is 0 Å². The van der Waals surface area contributed by atoms with Crippen molar-refractivity contribution in [3.63, 3.8) is 0 Å². The second-order valence-electron chi connectivity index (χ2n) is 7.67. The van der Waals surface area contributed by atoms with E-state index in [1.807, 2.05) is 19.9 Å². The molecule has 1 amide bonds. The van der Waals surface area contributed by atoms with E-state index in [1.54, 1.807) is 48.1 Å². The van der Waals surface area contributed by atoms with Gasteiger partial charge in [-0.25, -0.2) is 8.42 Å². The molecule has 0 unspecified atom stereocenters. The Morgan fingerprint density at radius 3 is 2.38 bits per heavy atom. The van der Waals surface area contributed by atoms with Crippen LogP contribution in [-0.4, -0.2) is 40.8 Å². The summed E-state index contributed by atoms with van der Waals surface area (Å²) in [6, 6.07) is 16.3. The van der Waals surface area contributed by atoms with E-state index in [4.69, 9.17) is 4.42 Å². The Morgan fingerprint density at radius 1 is 1.06 bits per heavy atom. The molecule has 2 aromatic carbocycles. The van der Waals surface area contributed by atoms with Crippen molar-refractivity contribution in [2.45, 2.75) is 31.7 Å². The minimum Gasteiger partial charge on any atom is -0.401 e. The zero-order chi connectivity index (χ0) is 24.3. The fraction of sp³-hybridized carbons (Fsp3) is 0.217. The first kappa shape index (κ1) is 23.2. The number of nitrogens with one attached hydrogen (secondary N) is 1. The number of amides is 1. The minimum atomic E-state index is -3.79. The van der Waals surface area contributed by atoms with E-state index in [9.17, 15) is 13.2 Å². The van der Waals surface area contributed by atoms with E-state index < -0.39 is 15.9 Å². The standard InChI is InChI=1S/C23H24N6O4S/c1-4-29(18-8-6-5-7-9-18)34(31,32)19-12-10-17(11-13-19)21(30)24-23-26-25-22(33-23)20-14-15-28(27-20)16(2)3/h5-16H,4H2,1-3H3,(H,24,26,30). The fourth-order valence-corrected chi connectivity index (χ4v) is 4.75. The van der Waals surface area contributed by atoms with Gasteiger partial charge < -0.3 is 4.42 Å². The Hall–Kier alpha value is -3.99. The number of hydrogen-bond acceptors (Lipinski definition) is 7. The van der Waals surface area contributed by atoms with Crippen molar-refractivity contribution in [1.29, 1.82) is 0 Å². The number of rotatable bonds is 8. The average Bonchev–Trinajstić information content (AvgIpc) is 3.50. The molecule has 2 heterocycles. The molecule has 0 atom stereocenters. The third-order valence-corrected chi connectivity index (χ3v) is 6.96. The topological polar surface area (TPSA) is 123 Å². The van der Waals surface area contributed by atoms with Gasteiger partial charge in [0.15, 0.2) is 0 Å². The number of carbonyl (C=O) groups is 1. The summed E-state index contributed by atoms with van der Waals surface area (Å²) in [6.45, 7) is 6.02. The summed E-state index contributed by atoms with van der Waals surface area (Å²) in [4.78, 5) is 12.7. The Labute approximate surface area is 197 Å². The number of nitrogens with zero attached hydrogens (tertiary/aromatic N) is 5. The molecule has 0 aliphatic rings. The Kier molecular flexibility index (Phi) is 6.46. The molecule has 34 heavy (non-hydrogen) atoms. The number of aromatic nitrogens is 4. The normalized spacial score (nSPS) is 11.5. The van der Waals surface area contributed by atoms with Crippen LogP contribution < -0.4 is 9.62 Å². The SMILES string of the molecule is CCN(c1ccccc1)S(=O)(=O)c1ccc(C(=O)Nc2nnc(-c3ccn(C(C)C)n3)o2)cc1. The molecule has 0 saturated carbocycles. The summed E-state index contributed by atoms with van der Waals surface area (Å²) >= 11 is 0. The summed E-state index contributed by atoms with van der Waals surface area (Å²) < 4.78 is 34.8. The van der Waals surface area contributed by atoms with Gasteiger partial charge in [-0.05, 0) is 63.2 Å². The maximum atomic E-state index is 13.1. The zero-order valence-corrected chi connectivity index (χ0v) is 19.7. The predicted octanol–water partition coefficient (Wildman–Crippen LogP) is 3.98. The molecule has 11 heteroatoms. The summed E-state index contributed by atoms with van der Waals surface area (Å²) in [7, 11) is -3.79. The summed E-state index contributed by atoms with van der Waals surface area (Å²) in [5.41, 5.74) is 1.30. The second-order valence-corrected chi connectivity index (χ2v) is 9.53. The molecule has 1 N–H and O–H groups in total. The van der Waals surface area contributed by atoms with E-state index in [0.29, 0.717) is 11.4 Å². The molecular formula is C23H24N6O4S. The highest BCUT2D eigenvalue weighted by Crippen LogP contribution is 2.24. The van der Waals surface area contributed by atoms with Gasteiger partial charge in [0.05, 0.1) is 10.6 Å². The molecule has 0 radical (unpaired) electrons. The maximum Gasteiger partial charge on any atom is 0.322 e. The van der Waals surface area contributed by atoms with E-state index >= 15 is 0 Å². The van der Waals surface area contributed by atoms with Crippen molar-refractivity contribution in [3.8, 4) is 11.6 Å². The first-order valence-corrected chi connectivity index (χ1v) is 12.1. The molecule has 4 aromatic rings. The van der Waals surface area contributed by atoms with Crippen molar-refractivity contribution < 1.29 is 17.6 Å². The smallest absolute Gasteiger partial charge is 0.322 e. The third-order valence-electron chi connectivity index (χ3n) is 5.04. The Bertz CT molecular complexity index is 1380. The maximum absolute atomic E-state index is 13.1. The Morgan fingerprint density at radius 2 is 1.76 bits per heavy atom. The largest absolute Gasteiger partial charge is 0.401 e. The Balaban J connectivity index is 1.48. The van der Waals surface area contributed by atoms with Gasteiger partial charge in [-0.15, -0.1) is 5.10 Å². The zero-order valence-electron chi connectivity index (χ0n) is 18.9. The fourth-order valence-electron chi connectivity index (χ4n) is 3.28. The molecule has 0 bridgehead atoms. The van der Waals surface area contributed by atoms with Crippen molar-refractivity contribution in [2.24, 2.45) is 0 Å². The first-order chi connectivity index (χ1) is 16.3. The van der Waals surface area contributed by atoms with Crippen molar-refractivity contribution in [2.75, 3.05) is 16.2 Å². The molecule has 0 spiro atoms. The minimum absolute atomic E-state index is 0.0792. The lowest BCUT2D eigenvalue weighted by Crippen LogP contribution is -2.30. The predicted molar refractivity (Wildman–Crippen MR) is 127 cm³/mol. The van der Waals surface area contributed by atoms with Crippen LogP contribution in [0.2, 0.25) is 0 Å². The van der Waals surface area contributed by atoms with Crippen LogP contribution in [0, 0.1) is 0 Å². The molecule has 0 aliphatic heterocycles. The summed E-state index contributed by atoms with van der Waals surface area (Å²) in [5, 5.41) is 14.6. The van der Waals surface area contributed by atoms with Crippen LogP contribution in [0.1, 0.15) is 37.2 Å². The van der Waals surface area contributed by atoms with E-state index in [1.165, 1.54) is 28.6 Å². The first-order valence-electron chi connectivity index (χ1n) is 10.7. The monoisotopic (exact) mass is 480 g/mol. The molecule has 0 aliphatic carbocycles. The number of carbonyl (C=O) groups excluding carboxylic acids is 1. The van der Waals surface area contributed by atoms with E-state index in [-0.39, 0.29) is 35.0 Å².